The largest absolute Gasteiger partial charge is 0.283 e. The molecule has 0 aromatic carbocycles. The van der Waals surface area contributed by atoms with E-state index < -0.39 is 0 Å². The van der Waals surface area contributed by atoms with Crippen LogP contribution in [0, 0.1) is 6.92 Å². The predicted molar refractivity (Wildman–Crippen MR) is 66.4 cm³/mol. The van der Waals surface area contributed by atoms with Crippen LogP contribution in [0.5, 0.6) is 0 Å². The first-order chi connectivity index (χ1) is 7.61. The number of nitrogens with zero attached hydrogens (tertiary/aromatic N) is 3. The molecule has 0 saturated heterocycles. The predicted octanol–water partition coefficient (Wildman–Crippen LogP) is 2.37. The zero-order chi connectivity index (χ0) is 11.7. The van der Waals surface area contributed by atoms with Crippen LogP contribution in [-0.4, -0.2) is 20.0 Å². The van der Waals surface area contributed by atoms with Crippen molar-refractivity contribution in [3.63, 3.8) is 0 Å². The molecule has 0 aliphatic heterocycles. The third-order valence-corrected chi connectivity index (χ3v) is 3.53. The number of hydrogen-bond donors (Lipinski definition) is 1. The Labute approximate surface area is 103 Å². The Kier molecular flexibility index (Phi) is 3.14. The van der Waals surface area contributed by atoms with Crippen molar-refractivity contribution in [1.82, 2.24) is 20.0 Å². The Balaban J connectivity index is 2.30. The van der Waals surface area contributed by atoms with Crippen LogP contribution in [0.2, 0.25) is 0 Å². The summed E-state index contributed by atoms with van der Waals surface area (Å²) in [5.41, 5.74) is 4.40. The lowest BCUT2D eigenvalue weighted by Crippen LogP contribution is -2.00. The lowest BCUT2D eigenvalue weighted by Gasteiger charge is -1.99. The highest BCUT2D eigenvalue weighted by Gasteiger charge is 2.13. The summed E-state index contributed by atoms with van der Waals surface area (Å²) in [5, 5.41) is 11.7. The van der Waals surface area contributed by atoms with E-state index in [9.17, 15) is 0 Å². The van der Waals surface area contributed by atoms with Crippen molar-refractivity contribution in [2.45, 2.75) is 26.7 Å². The first-order valence-corrected chi connectivity index (χ1v) is 6.12. The number of hydrogen-bond acceptors (Lipinski definition) is 2. The lowest BCUT2D eigenvalue weighted by atomic mass is 10.2. The maximum atomic E-state index is 4.46. The molecule has 0 bridgehead atoms. The number of halogens is 1. The molecule has 0 atom stereocenters. The Morgan fingerprint density at radius 2 is 2.25 bits per heavy atom. The van der Waals surface area contributed by atoms with Crippen molar-refractivity contribution in [3.05, 3.63) is 33.3 Å². The summed E-state index contributed by atoms with van der Waals surface area (Å²) in [5.74, 6) is 0. The lowest BCUT2D eigenvalue weighted by molar-refractivity contribution is 0.706. The van der Waals surface area contributed by atoms with Crippen LogP contribution in [0.3, 0.4) is 0 Å². The summed E-state index contributed by atoms with van der Waals surface area (Å²) in [6.45, 7) is 4.11. The highest BCUT2D eigenvalue weighted by Crippen LogP contribution is 2.23. The minimum Gasteiger partial charge on any atom is -0.283 e. The van der Waals surface area contributed by atoms with Gasteiger partial charge in [0.05, 0.1) is 21.6 Å². The third kappa shape index (κ3) is 2.04. The average molecular weight is 283 g/mol. The summed E-state index contributed by atoms with van der Waals surface area (Å²) in [6.07, 6.45) is 1.74. The molecule has 0 saturated carbocycles. The van der Waals surface area contributed by atoms with Gasteiger partial charge in [-0.25, -0.2) is 0 Å². The fourth-order valence-electron chi connectivity index (χ4n) is 1.75. The van der Waals surface area contributed by atoms with Crippen molar-refractivity contribution < 1.29 is 0 Å². The summed E-state index contributed by atoms with van der Waals surface area (Å²) in [6, 6.07) is 2.06. The van der Waals surface area contributed by atoms with Gasteiger partial charge < -0.3 is 0 Å². The van der Waals surface area contributed by atoms with E-state index in [0.29, 0.717) is 0 Å². The number of aryl methyl sites for hydroxylation is 3. The topological polar surface area (TPSA) is 46.5 Å². The first kappa shape index (κ1) is 11.4. The normalized spacial score (nSPS) is 11.0. The van der Waals surface area contributed by atoms with Gasteiger partial charge in [0.1, 0.15) is 0 Å². The van der Waals surface area contributed by atoms with Crippen LogP contribution in [0.15, 0.2) is 10.5 Å². The van der Waals surface area contributed by atoms with Crippen molar-refractivity contribution in [3.8, 4) is 0 Å². The molecule has 16 heavy (non-hydrogen) atoms. The Hall–Kier alpha value is -1.10. The molecule has 2 aromatic rings. The summed E-state index contributed by atoms with van der Waals surface area (Å²) in [7, 11) is 1.97. The van der Waals surface area contributed by atoms with Crippen molar-refractivity contribution in [2.75, 3.05) is 0 Å². The molecule has 1 N–H and O–H groups in total. The SMILES string of the molecule is CCc1nn(C)c(Cc2cc(C)[nH]n2)c1Br. The number of rotatable bonds is 3. The van der Waals surface area contributed by atoms with Gasteiger partial charge in [-0.05, 0) is 35.3 Å². The smallest absolute Gasteiger partial charge is 0.0766 e. The summed E-state index contributed by atoms with van der Waals surface area (Å²) in [4.78, 5) is 0. The monoisotopic (exact) mass is 282 g/mol. The van der Waals surface area contributed by atoms with E-state index in [1.165, 1.54) is 5.69 Å². The number of aromatic amines is 1. The fraction of sp³-hybridized carbons (Fsp3) is 0.455. The third-order valence-electron chi connectivity index (χ3n) is 2.61. The van der Waals surface area contributed by atoms with Gasteiger partial charge in [-0.1, -0.05) is 6.92 Å². The molecule has 4 nitrogen and oxygen atoms in total. The van der Waals surface area contributed by atoms with E-state index in [1.54, 1.807) is 0 Å². The standard InChI is InChI=1S/C11H15BrN4/c1-4-9-11(12)10(16(3)15-9)6-8-5-7(2)13-14-8/h5H,4,6H2,1-3H3,(H,13,14). The molecule has 0 spiro atoms. The van der Waals surface area contributed by atoms with E-state index in [4.69, 9.17) is 0 Å². The van der Waals surface area contributed by atoms with Crippen molar-refractivity contribution >= 4 is 15.9 Å². The van der Waals surface area contributed by atoms with Gasteiger partial charge in [0.15, 0.2) is 0 Å². The minimum absolute atomic E-state index is 0.800. The molecule has 0 aliphatic rings. The van der Waals surface area contributed by atoms with E-state index in [1.807, 2.05) is 18.7 Å². The van der Waals surface area contributed by atoms with E-state index in [-0.39, 0.29) is 0 Å². The van der Waals surface area contributed by atoms with Crippen LogP contribution >= 0.6 is 15.9 Å². The van der Waals surface area contributed by atoms with Crippen molar-refractivity contribution in [1.29, 1.82) is 0 Å². The van der Waals surface area contributed by atoms with Gasteiger partial charge in [-0.15, -0.1) is 0 Å². The summed E-state index contributed by atoms with van der Waals surface area (Å²) < 4.78 is 3.03. The molecule has 2 aromatic heterocycles. The molecule has 2 heterocycles. The van der Waals surface area contributed by atoms with Crippen molar-refractivity contribution in [2.24, 2.45) is 7.05 Å². The second-order valence-corrected chi connectivity index (χ2v) is 4.70. The van der Waals surface area contributed by atoms with Gasteiger partial charge in [0, 0.05) is 19.2 Å². The number of nitrogens with one attached hydrogen (secondary N) is 1. The second-order valence-electron chi connectivity index (χ2n) is 3.90. The fourth-order valence-corrected chi connectivity index (χ4v) is 2.50. The number of H-pyrrole nitrogens is 1. The van der Waals surface area contributed by atoms with Crippen LogP contribution in [0.4, 0.5) is 0 Å². The Morgan fingerprint density at radius 1 is 1.50 bits per heavy atom. The van der Waals surface area contributed by atoms with Gasteiger partial charge in [0.2, 0.25) is 0 Å². The molecular weight excluding hydrogens is 268 g/mol. The van der Waals surface area contributed by atoms with Gasteiger partial charge >= 0.3 is 0 Å². The Morgan fingerprint density at radius 3 is 2.75 bits per heavy atom. The van der Waals surface area contributed by atoms with Crippen LogP contribution < -0.4 is 0 Å². The van der Waals surface area contributed by atoms with Crippen LogP contribution in [0.1, 0.15) is 29.7 Å². The van der Waals surface area contributed by atoms with Gasteiger partial charge in [0.25, 0.3) is 0 Å². The first-order valence-electron chi connectivity index (χ1n) is 5.33. The molecule has 5 heteroatoms. The van der Waals surface area contributed by atoms with Crippen LogP contribution in [-0.2, 0) is 19.9 Å². The van der Waals surface area contributed by atoms with Gasteiger partial charge in [-0.3, -0.25) is 9.78 Å². The van der Waals surface area contributed by atoms with E-state index in [0.717, 1.165) is 34.4 Å². The van der Waals surface area contributed by atoms with Crippen LogP contribution in [0.25, 0.3) is 0 Å². The zero-order valence-electron chi connectivity index (χ0n) is 9.71. The molecule has 0 fully saturated rings. The van der Waals surface area contributed by atoms with E-state index in [2.05, 4.69) is 44.2 Å². The molecule has 86 valence electrons. The maximum Gasteiger partial charge on any atom is 0.0766 e. The quantitative estimate of drug-likeness (QED) is 0.940. The molecule has 0 amide bonds. The molecular formula is C11H15BrN4. The van der Waals surface area contributed by atoms with E-state index >= 15 is 0 Å². The number of aromatic nitrogens is 4. The second kappa shape index (κ2) is 4.41. The highest BCUT2D eigenvalue weighted by atomic mass is 79.9. The Bertz CT molecular complexity index is 498. The maximum absolute atomic E-state index is 4.46. The highest BCUT2D eigenvalue weighted by molar-refractivity contribution is 9.10. The zero-order valence-corrected chi connectivity index (χ0v) is 11.3. The molecule has 0 radical (unpaired) electrons. The molecule has 2 rings (SSSR count). The van der Waals surface area contributed by atoms with Gasteiger partial charge in [-0.2, -0.15) is 10.2 Å². The summed E-state index contributed by atoms with van der Waals surface area (Å²) >= 11 is 3.61. The molecule has 0 unspecified atom stereocenters. The molecule has 0 aliphatic carbocycles. The minimum atomic E-state index is 0.800. The average Bonchev–Trinajstić information content (AvgIpc) is 2.77.